The zero-order valence-electron chi connectivity index (χ0n) is 25.1. The van der Waals surface area contributed by atoms with Crippen LogP contribution < -0.4 is 22.3 Å². The first-order valence-corrected chi connectivity index (χ1v) is 15.0. The van der Waals surface area contributed by atoms with Gasteiger partial charge in [-0.15, -0.1) is 0 Å². The number of halogens is 3. The summed E-state index contributed by atoms with van der Waals surface area (Å²) in [5.41, 5.74) is 15.3. The van der Waals surface area contributed by atoms with Gasteiger partial charge in [-0.05, 0) is 72.5 Å². The number of aromatic nitrogens is 3. The number of nitrogens with one attached hydrogen (secondary N) is 1. The van der Waals surface area contributed by atoms with Crippen LogP contribution in [0.2, 0.25) is 0 Å². The Morgan fingerprint density at radius 1 is 0.978 bits per heavy atom. The number of carbonyl (C=O) groups excluding carboxylic acids is 1. The molecule has 0 spiro atoms. The molecule has 0 bridgehead atoms. The lowest BCUT2D eigenvalue weighted by atomic mass is 10.0. The summed E-state index contributed by atoms with van der Waals surface area (Å²) in [4.78, 5) is 36.3. The Kier molecular flexibility index (Phi) is 10.1. The van der Waals surface area contributed by atoms with Crippen molar-refractivity contribution in [2.45, 2.75) is 51.5 Å². The van der Waals surface area contributed by atoms with Gasteiger partial charge in [0.1, 0.15) is 6.54 Å². The third-order valence-electron chi connectivity index (χ3n) is 7.62. The minimum Gasteiger partial charge on any atom is -0.398 e. The Hall–Kier alpha value is -5.04. The number of fused-ring (bicyclic) bond motifs is 1. The average Bonchev–Trinajstić information content (AvgIpc) is 3.47. The molecule has 240 valence electrons. The smallest absolute Gasteiger partial charge is 0.398 e. The number of hydrogen-bond donors (Lipinski definition) is 3. The Labute approximate surface area is 264 Å². The van der Waals surface area contributed by atoms with E-state index in [-0.39, 0.29) is 17.3 Å². The second-order valence-electron chi connectivity index (χ2n) is 11.1. The van der Waals surface area contributed by atoms with E-state index in [9.17, 15) is 22.8 Å². The zero-order chi connectivity index (χ0) is 32.7. The molecule has 0 radical (unpaired) electrons. The number of amides is 2. The first kappa shape index (κ1) is 32.4. The number of benzene rings is 2. The maximum atomic E-state index is 13.5. The van der Waals surface area contributed by atoms with Crippen molar-refractivity contribution in [3.63, 3.8) is 0 Å². The number of alkyl halides is 3. The van der Waals surface area contributed by atoms with E-state index in [0.29, 0.717) is 58.9 Å². The summed E-state index contributed by atoms with van der Waals surface area (Å²) in [7, 11) is 0. The average molecular weight is 633 g/mol. The van der Waals surface area contributed by atoms with Crippen LogP contribution in [0.1, 0.15) is 42.4 Å². The molecule has 4 aromatic rings. The highest BCUT2D eigenvalue weighted by atomic mass is 19.4. The van der Waals surface area contributed by atoms with Crippen LogP contribution in [0.3, 0.4) is 0 Å². The maximum absolute atomic E-state index is 13.5. The third-order valence-corrected chi connectivity index (χ3v) is 7.62. The highest BCUT2D eigenvalue weighted by molar-refractivity contribution is 5.91. The van der Waals surface area contributed by atoms with Gasteiger partial charge in [0.25, 0.3) is 5.56 Å². The first-order chi connectivity index (χ1) is 22.1. The summed E-state index contributed by atoms with van der Waals surface area (Å²) < 4.78 is 40.9. The van der Waals surface area contributed by atoms with E-state index in [1.165, 1.54) is 6.07 Å². The van der Waals surface area contributed by atoms with Gasteiger partial charge in [0.15, 0.2) is 0 Å². The lowest BCUT2D eigenvalue weighted by Crippen LogP contribution is -2.31. The fourth-order valence-corrected chi connectivity index (χ4v) is 5.17. The monoisotopic (exact) mass is 632 g/mol. The molecule has 2 aromatic heterocycles. The Morgan fingerprint density at radius 3 is 2.46 bits per heavy atom. The topological polar surface area (TPSA) is 145 Å². The minimum atomic E-state index is -4.67. The lowest BCUT2D eigenvalue weighted by molar-refractivity contribution is -0.143. The molecule has 0 atom stereocenters. The number of pyridine rings is 1. The minimum absolute atomic E-state index is 0.0335. The van der Waals surface area contributed by atoms with Gasteiger partial charge in [-0.1, -0.05) is 31.0 Å². The van der Waals surface area contributed by atoms with Gasteiger partial charge in [0, 0.05) is 60.7 Å². The number of hydrogen-bond acceptors (Lipinski definition) is 7. The van der Waals surface area contributed by atoms with Gasteiger partial charge >= 0.3 is 12.2 Å². The molecule has 0 fully saturated rings. The number of anilines is 2. The summed E-state index contributed by atoms with van der Waals surface area (Å²) in [6.07, 6.45) is 4.25. The molecule has 5 rings (SSSR count). The van der Waals surface area contributed by atoms with Crippen molar-refractivity contribution in [1.29, 1.82) is 0 Å². The molecule has 0 saturated heterocycles. The van der Waals surface area contributed by atoms with Crippen molar-refractivity contribution < 1.29 is 18.0 Å². The van der Waals surface area contributed by atoms with E-state index in [1.54, 1.807) is 66.0 Å². The maximum Gasteiger partial charge on any atom is 0.408 e. The number of nitrogens with two attached hydrogens (primary N) is 2. The second-order valence-corrected chi connectivity index (χ2v) is 11.1. The number of nitrogens with zero attached hydrogens (tertiary/aromatic N) is 5. The molecule has 0 unspecified atom stereocenters. The van der Waals surface area contributed by atoms with E-state index in [0.717, 1.165) is 36.8 Å². The van der Waals surface area contributed by atoms with Gasteiger partial charge < -0.3 is 21.7 Å². The molecule has 46 heavy (non-hydrogen) atoms. The molecule has 2 amide bonds. The lowest BCUT2D eigenvalue weighted by Gasteiger charge is -2.17. The molecule has 1 aliphatic rings. The van der Waals surface area contributed by atoms with E-state index in [2.05, 4.69) is 20.4 Å². The summed E-state index contributed by atoms with van der Waals surface area (Å²) >= 11 is 0. The Morgan fingerprint density at radius 2 is 1.72 bits per heavy atom. The molecule has 2 aromatic carbocycles. The number of aliphatic imine (C=N–C) groups is 1. The van der Waals surface area contributed by atoms with Crippen LogP contribution in [-0.4, -0.2) is 51.2 Å². The molecule has 0 aliphatic carbocycles. The van der Waals surface area contributed by atoms with Crippen molar-refractivity contribution in [1.82, 2.24) is 19.7 Å². The van der Waals surface area contributed by atoms with Crippen LogP contribution in [0.5, 0.6) is 0 Å². The van der Waals surface area contributed by atoms with E-state index >= 15 is 0 Å². The fourth-order valence-electron chi connectivity index (χ4n) is 5.17. The van der Waals surface area contributed by atoms with Crippen LogP contribution in [0.4, 0.5) is 29.3 Å². The number of carbonyl (C=O) groups is 1. The van der Waals surface area contributed by atoms with Crippen molar-refractivity contribution >= 4 is 23.6 Å². The van der Waals surface area contributed by atoms with Crippen molar-refractivity contribution in [2.24, 2.45) is 10.7 Å². The van der Waals surface area contributed by atoms with Gasteiger partial charge in [-0.25, -0.2) is 9.48 Å². The zero-order valence-corrected chi connectivity index (χ0v) is 25.1. The quantitative estimate of drug-likeness (QED) is 0.112. The van der Waals surface area contributed by atoms with E-state index in [1.807, 2.05) is 6.07 Å². The summed E-state index contributed by atoms with van der Waals surface area (Å²) in [6.45, 7) is 0.593. The van der Waals surface area contributed by atoms with Crippen LogP contribution >= 0.6 is 0 Å². The van der Waals surface area contributed by atoms with Gasteiger partial charge in [0.05, 0.1) is 11.3 Å². The van der Waals surface area contributed by atoms with Crippen LogP contribution in [0.25, 0.3) is 22.4 Å². The predicted molar refractivity (Wildman–Crippen MR) is 172 cm³/mol. The number of urea groups is 1. The fraction of sp³-hybridized carbons (Fsp3) is 0.303. The van der Waals surface area contributed by atoms with Gasteiger partial charge in [0.2, 0.25) is 0 Å². The highest BCUT2D eigenvalue weighted by Crippen LogP contribution is 2.27. The van der Waals surface area contributed by atoms with Crippen molar-refractivity contribution in [2.75, 3.05) is 24.1 Å². The van der Waals surface area contributed by atoms with Crippen molar-refractivity contribution in [3.8, 4) is 22.4 Å². The molecule has 1 aliphatic heterocycles. The molecule has 0 saturated carbocycles. The normalized spacial score (nSPS) is 12.9. The predicted octanol–water partition coefficient (Wildman–Crippen LogP) is 5.60. The SMILES string of the molecule is NCCCCCCN=Cc1cc(-c2cc(-c3ccc(NC(=O)N4Cc5ccncc5C4)cc3)nn(CC(F)(F)F)c2=O)ccc1N. The third kappa shape index (κ3) is 8.16. The molecular formula is C33H35F3N8O2. The standard InChI is InChI=1S/C33H35F3N8O2/c34-33(35,36)21-44-31(45)28(23-7-10-29(38)25(15-23)17-39-13-4-2-1-3-12-37)16-30(42-44)22-5-8-27(9-6-22)41-32(46)43-19-24-11-14-40-18-26(24)20-43/h5-11,14-18H,1-4,12-13,19-21,37-38H2,(H,41,46). The van der Waals surface area contributed by atoms with Crippen LogP contribution in [0, 0.1) is 0 Å². The number of rotatable bonds is 11. The van der Waals surface area contributed by atoms with Crippen LogP contribution in [0.15, 0.2) is 76.8 Å². The molecular weight excluding hydrogens is 597 g/mol. The Bertz CT molecular complexity index is 1750. The van der Waals surface area contributed by atoms with Crippen molar-refractivity contribution in [3.05, 3.63) is 94.0 Å². The molecule has 3 heterocycles. The highest BCUT2D eigenvalue weighted by Gasteiger charge is 2.30. The molecule has 5 N–H and O–H groups in total. The first-order valence-electron chi connectivity index (χ1n) is 15.0. The number of nitrogen functional groups attached to an aromatic ring is 1. The summed E-state index contributed by atoms with van der Waals surface area (Å²) in [5, 5.41) is 6.89. The summed E-state index contributed by atoms with van der Waals surface area (Å²) in [5.74, 6) is 0. The van der Waals surface area contributed by atoms with E-state index < -0.39 is 18.3 Å². The van der Waals surface area contributed by atoms with Crippen LogP contribution in [-0.2, 0) is 19.6 Å². The van der Waals surface area contributed by atoms with Gasteiger partial charge in [-0.2, -0.15) is 18.3 Å². The molecule has 10 nitrogen and oxygen atoms in total. The summed E-state index contributed by atoms with van der Waals surface area (Å²) in [6, 6.07) is 14.4. The van der Waals surface area contributed by atoms with E-state index in [4.69, 9.17) is 11.5 Å². The van der Waals surface area contributed by atoms with Gasteiger partial charge in [-0.3, -0.25) is 14.8 Å². The number of unbranched alkanes of at least 4 members (excludes halogenated alkanes) is 3. The largest absolute Gasteiger partial charge is 0.408 e. The Balaban J connectivity index is 1.38. The second kappa shape index (κ2) is 14.4. The molecule has 13 heteroatoms.